The summed E-state index contributed by atoms with van der Waals surface area (Å²) < 4.78 is 5.38. The number of carbonyl (C=O) groups excluding carboxylic acids is 1. The molecule has 22 heavy (non-hydrogen) atoms. The molecule has 1 heterocycles. The molecule has 0 saturated heterocycles. The van der Waals surface area contributed by atoms with Gasteiger partial charge in [-0.25, -0.2) is 0 Å². The maximum absolute atomic E-state index is 12.6. The molecule has 0 saturated carbocycles. The molecule has 1 N–H and O–H groups in total. The second kappa shape index (κ2) is 7.11. The third-order valence-electron chi connectivity index (χ3n) is 3.86. The fourth-order valence-corrected chi connectivity index (χ4v) is 2.45. The molecule has 0 aliphatic carbocycles. The summed E-state index contributed by atoms with van der Waals surface area (Å²) in [5, 5.41) is 7.05. The van der Waals surface area contributed by atoms with Crippen LogP contribution in [0.15, 0.2) is 30.3 Å². The van der Waals surface area contributed by atoms with Crippen LogP contribution in [0.25, 0.3) is 0 Å². The van der Waals surface area contributed by atoms with Crippen LogP contribution >= 0.6 is 0 Å². The van der Waals surface area contributed by atoms with Crippen LogP contribution in [-0.2, 0) is 6.42 Å². The topological polar surface area (TPSA) is 58.2 Å². The van der Waals surface area contributed by atoms with E-state index in [-0.39, 0.29) is 11.9 Å². The predicted molar refractivity (Wildman–Crippen MR) is 86.1 cm³/mol. The van der Waals surface area contributed by atoms with Crippen LogP contribution in [0.2, 0.25) is 0 Å². The van der Waals surface area contributed by atoms with Gasteiger partial charge in [0.2, 0.25) is 0 Å². The van der Waals surface area contributed by atoms with Gasteiger partial charge in [-0.05, 0) is 25.5 Å². The molecular formula is C17H23N3O2. The number of amides is 1. The van der Waals surface area contributed by atoms with Gasteiger partial charge in [0.1, 0.15) is 11.4 Å². The van der Waals surface area contributed by atoms with Crippen molar-refractivity contribution in [3.8, 4) is 5.75 Å². The van der Waals surface area contributed by atoms with Gasteiger partial charge >= 0.3 is 0 Å². The first-order chi connectivity index (χ1) is 10.6. The Kier molecular flexibility index (Phi) is 5.20. The van der Waals surface area contributed by atoms with Crippen molar-refractivity contribution in [2.75, 3.05) is 14.2 Å². The monoisotopic (exact) mass is 301 g/mol. The normalized spacial score (nSPS) is 12.0. The van der Waals surface area contributed by atoms with Gasteiger partial charge < -0.3 is 9.64 Å². The highest BCUT2D eigenvalue weighted by Crippen LogP contribution is 2.28. The zero-order chi connectivity index (χ0) is 16.1. The van der Waals surface area contributed by atoms with Gasteiger partial charge in [0.25, 0.3) is 5.91 Å². The van der Waals surface area contributed by atoms with Gasteiger partial charge in [-0.1, -0.05) is 31.5 Å². The van der Waals surface area contributed by atoms with Crippen molar-refractivity contribution in [1.29, 1.82) is 0 Å². The molecule has 0 aliphatic heterocycles. The summed E-state index contributed by atoms with van der Waals surface area (Å²) >= 11 is 0. The number of aromatic amines is 1. The van der Waals surface area contributed by atoms with Crippen LogP contribution in [-0.4, -0.2) is 35.2 Å². The first-order valence-corrected chi connectivity index (χ1v) is 7.52. The van der Waals surface area contributed by atoms with Crippen LogP contribution in [0.5, 0.6) is 5.75 Å². The van der Waals surface area contributed by atoms with Gasteiger partial charge in [-0.3, -0.25) is 9.89 Å². The lowest BCUT2D eigenvalue weighted by atomic mass is 10.1. The lowest BCUT2D eigenvalue weighted by Gasteiger charge is -2.25. The van der Waals surface area contributed by atoms with E-state index in [2.05, 4.69) is 17.1 Å². The molecule has 2 rings (SSSR count). The number of methoxy groups -OCH3 is 1. The zero-order valence-electron chi connectivity index (χ0n) is 13.6. The van der Waals surface area contributed by atoms with Crippen LogP contribution in [0.4, 0.5) is 0 Å². The summed E-state index contributed by atoms with van der Waals surface area (Å²) in [5.74, 6) is 0.681. The van der Waals surface area contributed by atoms with E-state index in [1.54, 1.807) is 19.1 Å². The number of nitrogens with one attached hydrogen (secondary N) is 1. The van der Waals surface area contributed by atoms with Gasteiger partial charge in [-0.15, -0.1) is 0 Å². The summed E-state index contributed by atoms with van der Waals surface area (Å²) in [6, 6.07) is 9.47. The Labute approximate surface area is 131 Å². The molecule has 5 heteroatoms. The second-order valence-corrected chi connectivity index (χ2v) is 5.36. The largest absolute Gasteiger partial charge is 0.496 e. The molecule has 0 bridgehead atoms. The van der Waals surface area contributed by atoms with Gasteiger partial charge in [0, 0.05) is 18.3 Å². The third kappa shape index (κ3) is 3.30. The summed E-state index contributed by atoms with van der Waals surface area (Å²) in [7, 11) is 3.42. The number of ether oxygens (including phenoxy) is 1. The van der Waals surface area contributed by atoms with Gasteiger partial charge in [0.15, 0.2) is 0 Å². The Hall–Kier alpha value is -2.30. The Morgan fingerprint density at radius 3 is 2.82 bits per heavy atom. The quantitative estimate of drug-likeness (QED) is 0.891. The molecule has 1 atom stereocenters. The minimum atomic E-state index is -0.102. The number of aromatic nitrogens is 2. The van der Waals surface area contributed by atoms with Crippen LogP contribution < -0.4 is 4.74 Å². The number of hydrogen-bond donors (Lipinski definition) is 1. The highest BCUT2D eigenvalue weighted by Gasteiger charge is 2.23. The Bertz CT molecular complexity index is 636. The number of carbonyl (C=O) groups is 1. The van der Waals surface area contributed by atoms with Crippen molar-refractivity contribution >= 4 is 5.91 Å². The molecule has 0 spiro atoms. The van der Waals surface area contributed by atoms with E-state index < -0.39 is 0 Å². The predicted octanol–water partition coefficient (Wildman–Crippen LogP) is 3.20. The lowest BCUT2D eigenvalue weighted by molar-refractivity contribution is 0.0735. The van der Waals surface area contributed by atoms with E-state index >= 15 is 0 Å². The molecule has 1 aromatic carbocycles. The van der Waals surface area contributed by atoms with Crippen molar-refractivity contribution in [3.05, 3.63) is 47.3 Å². The summed E-state index contributed by atoms with van der Waals surface area (Å²) in [5.41, 5.74) is 2.42. The van der Waals surface area contributed by atoms with Gasteiger partial charge in [-0.2, -0.15) is 5.10 Å². The number of para-hydroxylation sites is 1. The molecule has 1 aromatic heterocycles. The number of nitrogens with zero attached hydrogens (tertiary/aromatic N) is 2. The van der Waals surface area contributed by atoms with E-state index in [4.69, 9.17) is 4.74 Å². The number of benzene rings is 1. The van der Waals surface area contributed by atoms with Crippen molar-refractivity contribution in [2.24, 2.45) is 0 Å². The minimum Gasteiger partial charge on any atom is -0.496 e. The average molecular weight is 301 g/mol. The van der Waals surface area contributed by atoms with Crippen molar-refractivity contribution in [1.82, 2.24) is 15.1 Å². The van der Waals surface area contributed by atoms with E-state index in [0.29, 0.717) is 5.69 Å². The van der Waals surface area contributed by atoms with E-state index in [9.17, 15) is 4.79 Å². The van der Waals surface area contributed by atoms with Crippen molar-refractivity contribution in [2.45, 2.75) is 32.7 Å². The summed E-state index contributed by atoms with van der Waals surface area (Å²) in [6.07, 6.45) is 1.91. The van der Waals surface area contributed by atoms with E-state index in [1.807, 2.05) is 37.3 Å². The fourth-order valence-electron chi connectivity index (χ4n) is 2.45. The minimum absolute atomic E-state index is 0.1000. The van der Waals surface area contributed by atoms with Crippen molar-refractivity contribution < 1.29 is 9.53 Å². The maximum atomic E-state index is 12.6. The Morgan fingerprint density at radius 1 is 1.41 bits per heavy atom. The molecule has 5 nitrogen and oxygen atoms in total. The van der Waals surface area contributed by atoms with Crippen LogP contribution in [0.1, 0.15) is 48.1 Å². The smallest absolute Gasteiger partial charge is 0.274 e. The highest BCUT2D eigenvalue weighted by molar-refractivity contribution is 5.92. The van der Waals surface area contributed by atoms with Gasteiger partial charge in [0.05, 0.1) is 13.2 Å². The number of aryl methyl sites for hydroxylation is 1. The van der Waals surface area contributed by atoms with Crippen LogP contribution in [0.3, 0.4) is 0 Å². The fraction of sp³-hybridized carbons (Fsp3) is 0.412. The first kappa shape index (κ1) is 16.1. The number of H-pyrrole nitrogens is 1. The lowest BCUT2D eigenvalue weighted by Crippen LogP contribution is -2.30. The molecule has 0 radical (unpaired) electrons. The molecule has 1 unspecified atom stereocenters. The SMILES string of the molecule is CCCc1cc(C(=O)N(C)C(C)c2ccccc2OC)n[nH]1. The molecule has 118 valence electrons. The molecule has 0 aliphatic rings. The molecule has 2 aromatic rings. The Balaban J connectivity index is 2.18. The highest BCUT2D eigenvalue weighted by atomic mass is 16.5. The summed E-state index contributed by atoms with van der Waals surface area (Å²) in [6.45, 7) is 4.08. The average Bonchev–Trinajstić information content (AvgIpc) is 3.01. The standard InChI is InChI=1S/C17H23N3O2/c1-5-8-13-11-15(19-18-13)17(21)20(3)12(2)14-9-6-7-10-16(14)22-4/h6-7,9-12H,5,8H2,1-4H3,(H,18,19). The molecular weight excluding hydrogens is 278 g/mol. The summed E-state index contributed by atoms with van der Waals surface area (Å²) in [4.78, 5) is 14.3. The number of rotatable bonds is 6. The maximum Gasteiger partial charge on any atom is 0.274 e. The first-order valence-electron chi connectivity index (χ1n) is 7.52. The Morgan fingerprint density at radius 2 is 2.14 bits per heavy atom. The second-order valence-electron chi connectivity index (χ2n) is 5.36. The van der Waals surface area contributed by atoms with Crippen LogP contribution in [0, 0.1) is 0 Å². The molecule has 0 fully saturated rings. The van der Waals surface area contributed by atoms with E-state index in [0.717, 1.165) is 29.8 Å². The third-order valence-corrected chi connectivity index (χ3v) is 3.86. The van der Waals surface area contributed by atoms with Crippen molar-refractivity contribution in [3.63, 3.8) is 0 Å². The zero-order valence-corrected chi connectivity index (χ0v) is 13.6. The molecule has 1 amide bonds. The van der Waals surface area contributed by atoms with E-state index in [1.165, 1.54) is 0 Å². The number of hydrogen-bond acceptors (Lipinski definition) is 3.